The van der Waals surface area contributed by atoms with Gasteiger partial charge in [0.15, 0.2) is 5.69 Å². The van der Waals surface area contributed by atoms with Crippen molar-refractivity contribution in [2.45, 2.75) is 0 Å². The zero-order chi connectivity index (χ0) is 11.4. The molecule has 8 nitrogen and oxygen atoms in total. The lowest BCUT2D eigenvalue weighted by molar-refractivity contribution is -0.421. The van der Waals surface area contributed by atoms with Crippen molar-refractivity contribution in [2.75, 3.05) is 7.05 Å². The van der Waals surface area contributed by atoms with Gasteiger partial charge in [0.05, 0.1) is 9.85 Å². The molecule has 15 heavy (non-hydrogen) atoms. The van der Waals surface area contributed by atoms with E-state index < -0.39 is 21.2 Å². The van der Waals surface area contributed by atoms with E-state index in [-0.39, 0.29) is 5.69 Å². The normalized spacial score (nSPS) is 10.5. The van der Waals surface area contributed by atoms with E-state index in [1.165, 1.54) is 19.2 Å². The highest BCUT2D eigenvalue weighted by atomic mass is 16.6. The Labute approximate surface area is 83.5 Å². The second kappa shape index (κ2) is 4.22. The SMILES string of the molecule is CN=Nc1cccc([N+](=O)[O-])c1[N+](=O)[O-]. The first-order valence-corrected chi connectivity index (χ1v) is 3.79. The van der Waals surface area contributed by atoms with E-state index >= 15 is 0 Å². The molecule has 0 atom stereocenters. The summed E-state index contributed by atoms with van der Waals surface area (Å²) in [6.07, 6.45) is 0. The lowest BCUT2D eigenvalue weighted by Gasteiger charge is -1.96. The number of hydrogen-bond donors (Lipinski definition) is 0. The fourth-order valence-electron chi connectivity index (χ4n) is 1.04. The van der Waals surface area contributed by atoms with Crippen molar-refractivity contribution in [1.29, 1.82) is 0 Å². The second-order valence-electron chi connectivity index (χ2n) is 2.46. The van der Waals surface area contributed by atoms with Crippen LogP contribution in [0.4, 0.5) is 17.1 Å². The molecule has 0 spiro atoms. The van der Waals surface area contributed by atoms with Gasteiger partial charge in [-0.1, -0.05) is 6.07 Å². The van der Waals surface area contributed by atoms with Crippen LogP contribution in [0.2, 0.25) is 0 Å². The van der Waals surface area contributed by atoms with Crippen LogP contribution in [-0.4, -0.2) is 16.9 Å². The summed E-state index contributed by atoms with van der Waals surface area (Å²) in [5.41, 5.74) is -1.37. The summed E-state index contributed by atoms with van der Waals surface area (Å²) in [6, 6.07) is 3.65. The minimum atomic E-state index is -0.845. The van der Waals surface area contributed by atoms with Gasteiger partial charge in [-0.15, -0.1) is 5.11 Å². The lowest BCUT2D eigenvalue weighted by atomic mass is 10.2. The van der Waals surface area contributed by atoms with Crippen LogP contribution < -0.4 is 0 Å². The van der Waals surface area contributed by atoms with Crippen LogP contribution in [0.3, 0.4) is 0 Å². The van der Waals surface area contributed by atoms with Crippen LogP contribution in [0, 0.1) is 20.2 Å². The van der Waals surface area contributed by atoms with Gasteiger partial charge in [0.1, 0.15) is 0 Å². The van der Waals surface area contributed by atoms with Gasteiger partial charge in [-0.05, 0) is 6.07 Å². The predicted molar refractivity (Wildman–Crippen MR) is 50.2 cm³/mol. The Morgan fingerprint density at radius 1 is 1.20 bits per heavy atom. The molecule has 0 fully saturated rings. The summed E-state index contributed by atoms with van der Waals surface area (Å²) < 4.78 is 0. The molecule has 0 aliphatic rings. The maximum Gasteiger partial charge on any atom is 0.373 e. The quantitative estimate of drug-likeness (QED) is 0.432. The average Bonchev–Trinajstić information content (AvgIpc) is 2.17. The van der Waals surface area contributed by atoms with Crippen LogP contribution in [0.15, 0.2) is 28.4 Å². The fourth-order valence-corrected chi connectivity index (χ4v) is 1.04. The Hall–Kier alpha value is -2.38. The van der Waals surface area contributed by atoms with Crippen molar-refractivity contribution in [3.8, 4) is 0 Å². The number of rotatable bonds is 3. The summed E-state index contributed by atoms with van der Waals surface area (Å²) >= 11 is 0. The average molecular weight is 210 g/mol. The molecular formula is C7H6N4O4. The minimum Gasteiger partial charge on any atom is -0.258 e. The molecule has 0 saturated heterocycles. The molecular weight excluding hydrogens is 204 g/mol. The first-order valence-electron chi connectivity index (χ1n) is 3.79. The molecule has 1 rings (SSSR count). The van der Waals surface area contributed by atoms with Crippen LogP contribution in [-0.2, 0) is 0 Å². The highest BCUT2D eigenvalue weighted by molar-refractivity contribution is 5.68. The molecule has 0 aliphatic carbocycles. The maximum absolute atomic E-state index is 10.6. The van der Waals surface area contributed by atoms with Gasteiger partial charge >= 0.3 is 11.4 Å². The van der Waals surface area contributed by atoms with Crippen LogP contribution in [0.25, 0.3) is 0 Å². The molecule has 0 amide bonds. The number of nitrogens with zero attached hydrogens (tertiary/aromatic N) is 4. The molecule has 0 N–H and O–H groups in total. The third-order valence-electron chi connectivity index (χ3n) is 1.58. The fraction of sp³-hybridized carbons (Fsp3) is 0.143. The summed E-state index contributed by atoms with van der Waals surface area (Å²) in [5.74, 6) is 0. The molecule has 8 heteroatoms. The Bertz CT molecular complexity index is 443. The van der Waals surface area contributed by atoms with E-state index in [1.54, 1.807) is 0 Å². The number of para-hydroxylation sites is 1. The second-order valence-corrected chi connectivity index (χ2v) is 2.46. The third-order valence-corrected chi connectivity index (χ3v) is 1.58. The van der Waals surface area contributed by atoms with E-state index in [1.807, 2.05) is 0 Å². The lowest BCUT2D eigenvalue weighted by Crippen LogP contribution is -1.96. The molecule has 0 aromatic heterocycles. The van der Waals surface area contributed by atoms with Gasteiger partial charge in [-0.3, -0.25) is 20.2 Å². The van der Waals surface area contributed by atoms with Crippen molar-refractivity contribution in [2.24, 2.45) is 10.2 Å². The standard InChI is InChI=1S/C7H6N4O4/c1-8-9-5-3-2-4-6(10(12)13)7(5)11(14)15/h2-4H,1H3. The highest BCUT2D eigenvalue weighted by Crippen LogP contribution is 2.36. The van der Waals surface area contributed by atoms with Crippen molar-refractivity contribution in [1.82, 2.24) is 0 Å². The Kier molecular flexibility index (Phi) is 3.01. The number of nitro groups is 2. The van der Waals surface area contributed by atoms with Crippen molar-refractivity contribution >= 4 is 17.1 Å². The Morgan fingerprint density at radius 2 is 1.87 bits per heavy atom. The number of nitro benzene ring substituents is 2. The van der Waals surface area contributed by atoms with Crippen molar-refractivity contribution in [3.63, 3.8) is 0 Å². The van der Waals surface area contributed by atoms with Crippen LogP contribution in [0.5, 0.6) is 0 Å². The van der Waals surface area contributed by atoms with E-state index in [0.29, 0.717) is 0 Å². The van der Waals surface area contributed by atoms with E-state index in [9.17, 15) is 20.2 Å². The smallest absolute Gasteiger partial charge is 0.258 e. The van der Waals surface area contributed by atoms with Gasteiger partial charge in [0.25, 0.3) is 0 Å². The van der Waals surface area contributed by atoms with Gasteiger partial charge in [0.2, 0.25) is 0 Å². The Morgan fingerprint density at radius 3 is 2.33 bits per heavy atom. The van der Waals surface area contributed by atoms with Crippen molar-refractivity contribution < 1.29 is 9.85 Å². The third kappa shape index (κ3) is 2.10. The number of hydrogen-bond acceptors (Lipinski definition) is 6. The molecule has 78 valence electrons. The monoisotopic (exact) mass is 210 g/mol. The summed E-state index contributed by atoms with van der Waals surface area (Å²) in [5, 5.41) is 27.9. The van der Waals surface area contributed by atoms with Crippen LogP contribution >= 0.6 is 0 Å². The zero-order valence-corrected chi connectivity index (χ0v) is 7.65. The first-order chi connectivity index (χ1) is 7.07. The topological polar surface area (TPSA) is 111 Å². The largest absolute Gasteiger partial charge is 0.373 e. The molecule has 0 bridgehead atoms. The molecule has 0 radical (unpaired) electrons. The van der Waals surface area contributed by atoms with E-state index in [0.717, 1.165) is 6.07 Å². The van der Waals surface area contributed by atoms with Gasteiger partial charge in [0, 0.05) is 13.1 Å². The van der Waals surface area contributed by atoms with Gasteiger partial charge in [-0.25, -0.2) is 0 Å². The molecule has 1 aromatic rings. The molecule has 0 heterocycles. The maximum atomic E-state index is 10.6. The molecule has 1 aromatic carbocycles. The van der Waals surface area contributed by atoms with E-state index in [2.05, 4.69) is 10.2 Å². The van der Waals surface area contributed by atoms with Crippen LogP contribution in [0.1, 0.15) is 0 Å². The first kappa shape index (κ1) is 10.7. The summed E-state index contributed by atoms with van der Waals surface area (Å²) in [4.78, 5) is 19.5. The summed E-state index contributed by atoms with van der Waals surface area (Å²) in [7, 11) is 1.32. The molecule has 0 unspecified atom stereocenters. The molecule has 0 saturated carbocycles. The predicted octanol–water partition coefficient (Wildman–Crippen LogP) is 2.22. The number of benzene rings is 1. The van der Waals surface area contributed by atoms with Gasteiger partial charge < -0.3 is 0 Å². The summed E-state index contributed by atoms with van der Waals surface area (Å²) in [6.45, 7) is 0. The highest BCUT2D eigenvalue weighted by Gasteiger charge is 2.28. The van der Waals surface area contributed by atoms with Gasteiger partial charge in [-0.2, -0.15) is 5.11 Å². The molecule has 0 aliphatic heterocycles. The minimum absolute atomic E-state index is 0.128. The number of azo groups is 1. The zero-order valence-electron chi connectivity index (χ0n) is 7.65. The van der Waals surface area contributed by atoms with Crippen molar-refractivity contribution in [3.05, 3.63) is 38.4 Å². The Balaban J connectivity index is 3.48. The van der Waals surface area contributed by atoms with E-state index in [4.69, 9.17) is 0 Å².